The van der Waals surface area contributed by atoms with Crippen molar-refractivity contribution in [1.29, 1.82) is 0 Å². The summed E-state index contributed by atoms with van der Waals surface area (Å²) in [6.07, 6.45) is 0.854. The third-order valence-electron chi connectivity index (χ3n) is 1.20. The van der Waals surface area contributed by atoms with E-state index >= 15 is 0 Å². The van der Waals surface area contributed by atoms with Crippen LogP contribution in [0.3, 0.4) is 0 Å². The molecule has 2 atom stereocenters. The molecule has 2 nitrogen and oxygen atoms in total. The van der Waals surface area contributed by atoms with Crippen LogP contribution in [0.25, 0.3) is 0 Å². The van der Waals surface area contributed by atoms with E-state index in [4.69, 9.17) is 23.2 Å². The first-order valence-electron chi connectivity index (χ1n) is 3.41. The van der Waals surface area contributed by atoms with Crippen LogP contribution < -0.4 is 0 Å². The van der Waals surface area contributed by atoms with E-state index in [0.29, 0.717) is 6.42 Å². The molecule has 0 rings (SSSR count). The summed E-state index contributed by atoms with van der Waals surface area (Å²) in [5.74, 6) is -0.290. The zero-order valence-corrected chi connectivity index (χ0v) is 8.15. The van der Waals surface area contributed by atoms with Crippen LogP contribution in [0.2, 0.25) is 0 Å². The summed E-state index contributed by atoms with van der Waals surface area (Å²) in [5, 5.41) is -0.211. The maximum absolute atomic E-state index is 10.7. The minimum absolute atomic E-state index is 0.00200. The van der Waals surface area contributed by atoms with Crippen molar-refractivity contribution in [2.75, 3.05) is 7.11 Å². The molecule has 0 bridgehead atoms. The minimum atomic E-state index is -0.290. The van der Waals surface area contributed by atoms with Gasteiger partial charge in [0.2, 0.25) is 0 Å². The van der Waals surface area contributed by atoms with Crippen LogP contribution >= 0.6 is 23.2 Å². The molecule has 0 spiro atoms. The van der Waals surface area contributed by atoms with Gasteiger partial charge in [0.05, 0.1) is 13.5 Å². The van der Waals surface area contributed by atoms with Gasteiger partial charge in [-0.3, -0.25) is 4.79 Å². The first-order chi connectivity index (χ1) is 5.06. The Morgan fingerprint density at radius 3 is 2.45 bits per heavy atom. The van der Waals surface area contributed by atoms with Gasteiger partial charge < -0.3 is 4.74 Å². The Morgan fingerprint density at radius 1 is 1.55 bits per heavy atom. The lowest BCUT2D eigenvalue weighted by molar-refractivity contribution is -0.140. The number of halogens is 2. The Balaban J connectivity index is 3.51. The van der Waals surface area contributed by atoms with Crippen LogP contribution in [0.1, 0.15) is 19.8 Å². The van der Waals surface area contributed by atoms with Crippen molar-refractivity contribution in [3.63, 3.8) is 0 Å². The third kappa shape index (κ3) is 6.45. The van der Waals surface area contributed by atoms with Gasteiger partial charge in [-0.1, -0.05) is 0 Å². The van der Waals surface area contributed by atoms with Gasteiger partial charge in [0.25, 0.3) is 0 Å². The van der Waals surface area contributed by atoms with Crippen LogP contribution in [0.15, 0.2) is 0 Å². The zero-order chi connectivity index (χ0) is 8.85. The molecular formula is C7H12Cl2O2. The highest BCUT2D eigenvalue weighted by Crippen LogP contribution is 2.13. The van der Waals surface area contributed by atoms with Crippen molar-refractivity contribution in [3.05, 3.63) is 0 Å². The summed E-state index contributed by atoms with van der Waals surface area (Å²) in [6, 6.07) is 0. The van der Waals surface area contributed by atoms with Gasteiger partial charge in [-0.2, -0.15) is 0 Å². The molecule has 0 aromatic rings. The fraction of sp³-hybridized carbons (Fsp3) is 0.857. The molecule has 66 valence electrons. The van der Waals surface area contributed by atoms with Gasteiger partial charge in [-0.05, 0) is 13.3 Å². The summed E-state index contributed by atoms with van der Waals surface area (Å²) in [5.41, 5.74) is 0. The Kier molecular flexibility index (Phi) is 5.69. The Labute approximate surface area is 76.8 Å². The molecule has 0 aliphatic heterocycles. The van der Waals surface area contributed by atoms with E-state index in [1.807, 2.05) is 6.92 Å². The average molecular weight is 199 g/mol. The lowest BCUT2D eigenvalue weighted by Crippen LogP contribution is -2.12. The number of ether oxygens (including phenoxy) is 1. The molecule has 0 aliphatic carbocycles. The van der Waals surface area contributed by atoms with Crippen molar-refractivity contribution in [1.82, 2.24) is 0 Å². The first kappa shape index (κ1) is 11.1. The predicted molar refractivity (Wildman–Crippen MR) is 46.2 cm³/mol. The number of carbonyl (C=O) groups excluding carboxylic acids is 1. The minimum Gasteiger partial charge on any atom is -0.469 e. The fourth-order valence-corrected chi connectivity index (χ4v) is 1.40. The molecule has 4 heteroatoms. The fourth-order valence-electron chi connectivity index (χ4n) is 0.700. The molecule has 0 fully saturated rings. The summed E-state index contributed by atoms with van der Waals surface area (Å²) in [7, 11) is 1.34. The highest BCUT2D eigenvalue weighted by molar-refractivity contribution is 6.24. The van der Waals surface area contributed by atoms with Gasteiger partial charge >= 0.3 is 5.97 Å². The molecule has 0 saturated heterocycles. The van der Waals surface area contributed by atoms with Crippen LogP contribution in [-0.2, 0) is 9.53 Å². The monoisotopic (exact) mass is 198 g/mol. The van der Waals surface area contributed by atoms with Crippen LogP contribution in [0.5, 0.6) is 0 Å². The molecule has 0 amide bonds. The second-order valence-electron chi connectivity index (χ2n) is 2.39. The molecule has 0 N–H and O–H groups in total. The van der Waals surface area contributed by atoms with Gasteiger partial charge in [-0.25, -0.2) is 0 Å². The molecule has 0 heterocycles. The van der Waals surface area contributed by atoms with E-state index in [2.05, 4.69) is 4.74 Å². The number of rotatable bonds is 4. The largest absolute Gasteiger partial charge is 0.469 e. The lowest BCUT2D eigenvalue weighted by atomic mass is 10.2. The summed E-state index contributed by atoms with van der Waals surface area (Å²) >= 11 is 11.4. The Hall–Kier alpha value is 0.0500. The summed E-state index contributed by atoms with van der Waals surface area (Å²) in [4.78, 5) is 10.7. The van der Waals surface area contributed by atoms with Crippen molar-refractivity contribution in [3.8, 4) is 0 Å². The average Bonchev–Trinajstić information content (AvgIpc) is 1.85. The van der Waals surface area contributed by atoms with E-state index in [1.54, 1.807) is 0 Å². The second kappa shape index (κ2) is 5.67. The molecule has 0 saturated carbocycles. The number of methoxy groups -OCH3 is 1. The molecule has 0 aromatic heterocycles. The van der Waals surface area contributed by atoms with Gasteiger partial charge in [0.15, 0.2) is 0 Å². The normalized spacial score (nSPS) is 15.6. The first-order valence-corrected chi connectivity index (χ1v) is 4.28. The number of carbonyl (C=O) groups is 1. The number of alkyl halides is 2. The van der Waals surface area contributed by atoms with E-state index in [1.165, 1.54) is 7.11 Å². The van der Waals surface area contributed by atoms with Crippen LogP contribution in [-0.4, -0.2) is 23.8 Å². The predicted octanol–water partition coefficient (Wildman–Crippen LogP) is 2.17. The molecule has 0 aromatic carbocycles. The molecule has 0 unspecified atom stereocenters. The quantitative estimate of drug-likeness (QED) is 0.512. The van der Waals surface area contributed by atoms with E-state index in [0.717, 1.165) is 0 Å². The zero-order valence-electron chi connectivity index (χ0n) is 6.64. The summed E-state index contributed by atoms with van der Waals surface area (Å²) < 4.78 is 4.44. The molecule has 11 heavy (non-hydrogen) atoms. The van der Waals surface area contributed by atoms with E-state index in [-0.39, 0.29) is 23.1 Å². The smallest absolute Gasteiger partial charge is 0.307 e. The lowest BCUT2D eigenvalue weighted by Gasteiger charge is -2.08. The molecular weight excluding hydrogens is 187 g/mol. The van der Waals surface area contributed by atoms with E-state index in [9.17, 15) is 4.79 Å². The van der Waals surface area contributed by atoms with E-state index < -0.39 is 0 Å². The Bertz CT molecular complexity index is 126. The standard InChI is InChI=1S/C7H12Cl2O2/c1-5(8)3-6(9)4-7(10)11-2/h5-6H,3-4H2,1-2H3/t5-,6-/m1/s1. The number of hydrogen-bond acceptors (Lipinski definition) is 2. The maximum Gasteiger partial charge on any atom is 0.307 e. The van der Waals surface area contributed by atoms with Crippen molar-refractivity contribution < 1.29 is 9.53 Å². The van der Waals surface area contributed by atoms with Crippen molar-refractivity contribution in [2.45, 2.75) is 30.5 Å². The van der Waals surface area contributed by atoms with Crippen LogP contribution in [0.4, 0.5) is 0 Å². The van der Waals surface area contributed by atoms with Crippen molar-refractivity contribution in [2.24, 2.45) is 0 Å². The molecule has 0 radical (unpaired) electrons. The van der Waals surface area contributed by atoms with Gasteiger partial charge in [-0.15, -0.1) is 23.2 Å². The topological polar surface area (TPSA) is 26.3 Å². The highest BCUT2D eigenvalue weighted by Gasteiger charge is 2.13. The third-order valence-corrected chi connectivity index (χ3v) is 1.71. The van der Waals surface area contributed by atoms with Crippen molar-refractivity contribution >= 4 is 29.2 Å². The number of esters is 1. The Morgan fingerprint density at radius 2 is 2.09 bits per heavy atom. The second-order valence-corrected chi connectivity index (χ2v) is 3.76. The highest BCUT2D eigenvalue weighted by atomic mass is 35.5. The number of hydrogen-bond donors (Lipinski definition) is 0. The maximum atomic E-state index is 10.7. The molecule has 0 aliphatic rings. The van der Waals surface area contributed by atoms with Crippen LogP contribution in [0, 0.1) is 0 Å². The SMILES string of the molecule is COC(=O)C[C@H](Cl)C[C@@H](C)Cl. The van der Waals surface area contributed by atoms with Gasteiger partial charge in [0, 0.05) is 10.8 Å². The van der Waals surface area contributed by atoms with Gasteiger partial charge in [0.1, 0.15) is 0 Å². The summed E-state index contributed by atoms with van der Waals surface area (Å²) in [6.45, 7) is 1.84.